The Hall–Kier alpha value is -2.11. The summed E-state index contributed by atoms with van der Waals surface area (Å²) in [7, 11) is 3.15. The summed E-state index contributed by atoms with van der Waals surface area (Å²) in [5, 5.41) is 4.04. The largest absolute Gasteiger partial charge is 0.381 e. The van der Waals surface area contributed by atoms with Gasteiger partial charge in [-0.1, -0.05) is 20.8 Å². The second-order valence-electron chi connectivity index (χ2n) is 8.02. The molecule has 1 N–H and O–H groups in total. The van der Waals surface area contributed by atoms with Gasteiger partial charge in [-0.2, -0.15) is 0 Å². The fourth-order valence-corrected chi connectivity index (χ4v) is 4.28. The van der Waals surface area contributed by atoms with Crippen LogP contribution in [-0.2, 0) is 14.1 Å². The van der Waals surface area contributed by atoms with Gasteiger partial charge in [0.25, 0.3) is 5.56 Å². The molecular formula is C18H26N4O2. The molecule has 0 bridgehead atoms. The monoisotopic (exact) mass is 330 g/mol. The van der Waals surface area contributed by atoms with Crippen LogP contribution in [0.25, 0.3) is 11.0 Å². The molecule has 2 heterocycles. The Morgan fingerprint density at radius 1 is 1.21 bits per heavy atom. The van der Waals surface area contributed by atoms with Crippen LogP contribution in [0.4, 0.5) is 5.69 Å². The van der Waals surface area contributed by atoms with Crippen molar-refractivity contribution < 1.29 is 0 Å². The molecule has 1 aliphatic carbocycles. The molecule has 0 amide bonds. The van der Waals surface area contributed by atoms with Crippen molar-refractivity contribution in [2.75, 3.05) is 5.32 Å². The van der Waals surface area contributed by atoms with Gasteiger partial charge in [-0.3, -0.25) is 13.9 Å². The number of aryl methyl sites for hydroxylation is 1. The van der Waals surface area contributed by atoms with Gasteiger partial charge >= 0.3 is 5.69 Å². The van der Waals surface area contributed by atoms with E-state index >= 15 is 0 Å². The summed E-state index contributed by atoms with van der Waals surface area (Å²) >= 11 is 0. The first-order valence-electron chi connectivity index (χ1n) is 8.51. The summed E-state index contributed by atoms with van der Waals surface area (Å²) in [6.07, 6.45) is 5.02. The third-order valence-corrected chi connectivity index (χ3v) is 5.09. The summed E-state index contributed by atoms with van der Waals surface area (Å²) in [6, 6.07) is 2.15. The summed E-state index contributed by atoms with van der Waals surface area (Å²) in [4.78, 5) is 29.0. The van der Waals surface area contributed by atoms with E-state index in [1.807, 2.05) is 6.07 Å². The molecule has 1 saturated carbocycles. The van der Waals surface area contributed by atoms with Gasteiger partial charge in [0.15, 0.2) is 5.65 Å². The molecule has 1 aliphatic rings. The lowest BCUT2D eigenvalue weighted by Gasteiger charge is -2.39. The number of pyridine rings is 1. The summed E-state index contributed by atoms with van der Waals surface area (Å²) < 4.78 is 2.57. The number of hydrogen-bond donors (Lipinski definition) is 1. The summed E-state index contributed by atoms with van der Waals surface area (Å²) in [6.45, 7) is 6.87. The molecule has 0 saturated heterocycles. The van der Waals surface area contributed by atoms with Crippen molar-refractivity contribution in [3.63, 3.8) is 0 Å². The molecule has 130 valence electrons. The predicted octanol–water partition coefficient (Wildman–Crippen LogP) is 2.26. The Morgan fingerprint density at radius 2 is 1.92 bits per heavy atom. The Morgan fingerprint density at radius 3 is 2.58 bits per heavy atom. The van der Waals surface area contributed by atoms with E-state index in [4.69, 9.17) is 0 Å². The Balaban J connectivity index is 2.08. The summed E-state index contributed by atoms with van der Waals surface area (Å²) in [5.74, 6) is 0.645. The number of aromatic nitrogens is 3. The minimum absolute atomic E-state index is 0.288. The van der Waals surface area contributed by atoms with E-state index in [2.05, 4.69) is 31.1 Å². The average molecular weight is 330 g/mol. The van der Waals surface area contributed by atoms with Gasteiger partial charge < -0.3 is 5.32 Å². The molecule has 0 radical (unpaired) electrons. The van der Waals surface area contributed by atoms with Crippen LogP contribution in [0, 0.1) is 11.3 Å². The van der Waals surface area contributed by atoms with E-state index < -0.39 is 0 Å². The van der Waals surface area contributed by atoms with Crippen molar-refractivity contribution >= 4 is 16.7 Å². The van der Waals surface area contributed by atoms with Gasteiger partial charge in [-0.05, 0) is 36.7 Å². The minimum atomic E-state index is -0.357. The second kappa shape index (κ2) is 5.76. The van der Waals surface area contributed by atoms with Crippen molar-refractivity contribution in [3.05, 3.63) is 33.1 Å². The molecular weight excluding hydrogens is 304 g/mol. The maximum Gasteiger partial charge on any atom is 0.332 e. The van der Waals surface area contributed by atoms with Gasteiger partial charge in [-0.25, -0.2) is 9.78 Å². The van der Waals surface area contributed by atoms with E-state index in [1.165, 1.54) is 18.0 Å². The number of anilines is 1. The number of fused-ring (bicyclic) bond motifs is 1. The first kappa shape index (κ1) is 16.7. The smallest absolute Gasteiger partial charge is 0.332 e. The Labute approximate surface area is 141 Å². The first-order valence-corrected chi connectivity index (χ1v) is 8.51. The number of hydrogen-bond acceptors (Lipinski definition) is 4. The van der Waals surface area contributed by atoms with Crippen molar-refractivity contribution in [1.82, 2.24) is 14.1 Å². The van der Waals surface area contributed by atoms with Crippen molar-refractivity contribution in [2.24, 2.45) is 25.4 Å². The topological polar surface area (TPSA) is 68.9 Å². The minimum Gasteiger partial charge on any atom is -0.381 e. The van der Waals surface area contributed by atoms with Crippen LogP contribution in [-0.4, -0.2) is 20.2 Å². The third-order valence-electron chi connectivity index (χ3n) is 5.09. The highest BCUT2D eigenvalue weighted by atomic mass is 16.2. The lowest BCUT2D eigenvalue weighted by molar-refractivity contribution is 0.178. The van der Waals surface area contributed by atoms with Gasteiger partial charge in [-0.15, -0.1) is 0 Å². The number of nitrogens with zero attached hydrogens (tertiary/aromatic N) is 3. The molecule has 2 aromatic heterocycles. The van der Waals surface area contributed by atoms with E-state index in [0.29, 0.717) is 23.0 Å². The molecule has 3 rings (SSSR count). The molecule has 2 atom stereocenters. The van der Waals surface area contributed by atoms with E-state index in [-0.39, 0.29) is 16.7 Å². The highest BCUT2D eigenvalue weighted by Gasteiger charge is 2.32. The number of nitrogens with one attached hydrogen (secondary N) is 1. The number of rotatable bonds is 2. The standard InChI is InChI=1S/C18H26N4O2/c1-11-8-12(10-18(2,3)9-11)20-13-6-7-19-15-14(13)16(23)22(5)17(24)21(15)4/h6-7,11-12H,8-10H2,1-5H3,(H,19,20). The Kier molecular flexibility index (Phi) is 4.01. The van der Waals surface area contributed by atoms with E-state index in [9.17, 15) is 9.59 Å². The van der Waals surface area contributed by atoms with Crippen LogP contribution in [0.2, 0.25) is 0 Å². The zero-order chi connectivity index (χ0) is 17.6. The van der Waals surface area contributed by atoms with Crippen molar-refractivity contribution in [1.29, 1.82) is 0 Å². The van der Waals surface area contributed by atoms with Crippen molar-refractivity contribution in [3.8, 4) is 0 Å². The molecule has 2 unspecified atom stereocenters. The van der Waals surface area contributed by atoms with Gasteiger partial charge in [0, 0.05) is 26.3 Å². The summed E-state index contributed by atoms with van der Waals surface area (Å²) in [5.41, 5.74) is 0.828. The highest BCUT2D eigenvalue weighted by molar-refractivity contribution is 5.88. The van der Waals surface area contributed by atoms with Crippen LogP contribution in [0.15, 0.2) is 21.9 Å². The zero-order valence-corrected chi connectivity index (χ0v) is 15.1. The van der Waals surface area contributed by atoms with Crippen LogP contribution >= 0.6 is 0 Å². The Bertz CT molecular complexity index is 894. The molecule has 0 spiro atoms. The van der Waals surface area contributed by atoms with Crippen LogP contribution in [0.1, 0.15) is 40.0 Å². The fraction of sp³-hybridized carbons (Fsp3) is 0.611. The molecule has 1 fully saturated rings. The highest BCUT2D eigenvalue weighted by Crippen LogP contribution is 2.39. The fourth-order valence-electron chi connectivity index (χ4n) is 4.28. The van der Waals surface area contributed by atoms with Crippen molar-refractivity contribution in [2.45, 2.75) is 46.1 Å². The molecule has 6 heteroatoms. The maximum absolute atomic E-state index is 12.6. The lowest BCUT2D eigenvalue weighted by atomic mass is 9.70. The maximum atomic E-state index is 12.6. The van der Waals surface area contributed by atoms with Crippen LogP contribution in [0.3, 0.4) is 0 Å². The van der Waals surface area contributed by atoms with E-state index in [1.54, 1.807) is 13.2 Å². The molecule has 2 aromatic rings. The normalized spacial score (nSPS) is 23.4. The SMILES string of the molecule is CC1CC(Nc2ccnc3c2c(=O)n(C)c(=O)n3C)CC(C)(C)C1. The van der Waals surface area contributed by atoms with Gasteiger partial charge in [0.1, 0.15) is 5.39 Å². The molecule has 0 aliphatic heterocycles. The lowest BCUT2D eigenvalue weighted by Crippen LogP contribution is -2.39. The first-order chi connectivity index (χ1) is 11.2. The zero-order valence-electron chi connectivity index (χ0n) is 15.1. The predicted molar refractivity (Wildman–Crippen MR) is 96.4 cm³/mol. The van der Waals surface area contributed by atoms with Gasteiger partial charge in [0.2, 0.25) is 0 Å². The molecule has 0 aromatic carbocycles. The van der Waals surface area contributed by atoms with Crippen LogP contribution < -0.4 is 16.6 Å². The quantitative estimate of drug-likeness (QED) is 0.917. The van der Waals surface area contributed by atoms with Gasteiger partial charge in [0.05, 0.1) is 5.69 Å². The molecule has 24 heavy (non-hydrogen) atoms. The third kappa shape index (κ3) is 2.85. The second-order valence-corrected chi connectivity index (χ2v) is 8.02. The van der Waals surface area contributed by atoms with Crippen LogP contribution in [0.5, 0.6) is 0 Å². The van der Waals surface area contributed by atoms with E-state index in [0.717, 1.165) is 23.1 Å². The average Bonchev–Trinajstić information content (AvgIpc) is 2.48. The molecule has 6 nitrogen and oxygen atoms in total.